The first-order chi connectivity index (χ1) is 12.8. The summed E-state index contributed by atoms with van der Waals surface area (Å²) in [4.78, 5) is 51.3. The minimum Gasteiger partial charge on any atom is -0.452 e. The molecule has 0 saturated heterocycles. The maximum Gasteiger partial charge on any atom is 0.338 e. The Kier molecular flexibility index (Phi) is 4.96. The molecule has 2 aromatic carbocycles. The van der Waals surface area contributed by atoms with Crippen LogP contribution in [0, 0.1) is 0 Å². The van der Waals surface area contributed by atoms with Crippen LogP contribution in [-0.2, 0) is 9.53 Å². The molecule has 0 spiro atoms. The molecule has 0 fully saturated rings. The molecule has 1 aliphatic rings. The molecule has 0 aromatic heterocycles. The van der Waals surface area contributed by atoms with Crippen LogP contribution in [0.5, 0.6) is 0 Å². The third kappa shape index (κ3) is 3.41. The second-order valence-electron chi connectivity index (χ2n) is 6.02. The first-order valence-electron chi connectivity index (χ1n) is 7.96. The summed E-state index contributed by atoms with van der Waals surface area (Å²) >= 11 is 6.10. The van der Waals surface area contributed by atoms with Crippen molar-refractivity contribution in [3.05, 3.63) is 64.2 Å². The predicted molar refractivity (Wildman–Crippen MR) is 98.0 cm³/mol. The molecule has 1 aliphatic heterocycles. The van der Waals surface area contributed by atoms with Crippen molar-refractivity contribution < 1.29 is 23.9 Å². The summed E-state index contributed by atoms with van der Waals surface area (Å²) in [5.41, 5.74) is 0.586. The molecule has 0 N–H and O–H groups in total. The number of para-hydroxylation sites is 1. The van der Waals surface area contributed by atoms with E-state index in [1.54, 1.807) is 38.4 Å². The zero-order chi connectivity index (χ0) is 19.7. The van der Waals surface area contributed by atoms with Gasteiger partial charge >= 0.3 is 5.97 Å². The van der Waals surface area contributed by atoms with Gasteiger partial charge in [0.15, 0.2) is 6.61 Å². The van der Waals surface area contributed by atoms with Crippen molar-refractivity contribution in [2.75, 3.05) is 25.6 Å². The number of hydrogen-bond acceptors (Lipinski definition) is 5. The molecule has 0 aliphatic carbocycles. The van der Waals surface area contributed by atoms with Crippen molar-refractivity contribution in [2.24, 2.45) is 0 Å². The van der Waals surface area contributed by atoms with Crippen LogP contribution in [0.3, 0.4) is 0 Å². The second kappa shape index (κ2) is 7.20. The van der Waals surface area contributed by atoms with E-state index < -0.39 is 24.4 Å². The average molecular weight is 387 g/mol. The molecular formula is C19H15ClN2O5. The molecule has 138 valence electrons. The van der Waals surface area contributed by atoms with Crippen molar-refractivity contribution in [2.45, 2.75) is 0 Å². The number of imide groups is 1. The molecule has 7 nitrogen and oxygen atoms in total. The van der Waals surface area contributed by atoms with Crippen LogP contribution < -0.4 is 4.90 Å². The summed E-state index contributed by atoms with van der Waals surface area (Å²) in [6.07, 6.45) is 0. The van der Waals surface area contributed by atoms with Crippen molar-refractivity contribution in [1.82, 2.24) is 4.90 Å². The molecule has 0 radical (unpaired) electrons. The van der Waals surface area contributed by atoms with E-state index in [1.807, 2.05) is 0 Å². The van der Waals surface area contributed by atoms with Gasteiger partial charge in [0.05, 0.1) is 27.4 Å². The highest BCUT2D eigenvalue weighted by molar-refractivity contribution is 6.39. The molecule has 3 amide bonds. The quantitative estimate of drug-likeness (QED) is 0.595. The Morgan fingerprint density at radius 3 is 2.37 bits per heavy atom. The van der Waals surface area contributed by atoms with E-state index in [0.29, 0.717) is 0 Å². The minimum atomic E-state index is -0.760. The van der Waals surface area contributed by atoms with E-state index in [0.717, 1.165) is 4.90 Å². The maximum absolute atomic E-state index is 12.7. The molecular weight excluding hydrogens is 372 g/mol. The summed E-state index contributed by atoms with van der Waals surface area (Å²) < 4.78 is 4.94. The molecule has 0 atom stereocenters. The number of likely N-dealkylation sites (N-methyl/N-ethyl adjacent to an activating group) is 1. The van der Waals surface area contributed by atoms with Crippen molar-refractivity contribution in [3.63, 3.8) is 0 Å². The van der Waals surface area contributed by atoms with Gasteiger partial charge in [-0.3, -0.25) is 14.4 Å². The summed E-state index contributed by atoms with van der Waals surface area (Å²) in [5.74, 6) is -2.24. The van der Waals surface area contributed by atoms with Crippen molar-refractivity contribution in [1.29, 1.82) is 0 Å². The van der Waals surface area contributed by atoms with E-state index >= 15 is 0 Å². The third-order valence-corrected chi connectivity index (χ3v) is 4.36. The lowest BCUT2D eigenvalue weighted by Gasteiger charge is -2.15. The van der Waals surface area contributed by atoms with Gasteiger partial charge in [0.2, 0.25) is 0 Å². The zero-order valence-corrected chi connectivity index (χ0v) is 15.3. The Morgan fingerprint density at radius 1 is 1.04 bits per heavy atom. The number of fused-ring (bicyclic) bond motifs is 1. The second-order valence-corrected chi connectivity index (χ2v) is 6.43. The topological polar surface area (TPSA) is 84.0 Å². The number of benzene rings is 2. The highest BCUT2D eigenvalue weighted by Gasteiger charge is 2.38. The fourth-order valence-corrected chi connectivity index (χ4v) is 2.78. The monoisotopic (exact) mass is 386 g/mol. The number of carbonyl (C=O) groups is 4. The largest absolute Gasteiger partial charge is 0.452 e. The van der Waals surface area contributed by atoms with Gasteiger partial charge in [0.1, 0.15) is 0 Å². The average Bonchev–Trinajstić information content (AvgIpc) is 2.90. The number of nitrogens with zero attached hydrogens (tertiary/aromatic N) is 2. The number of anilines is 1. The maximum atomic E-state index is 12.7. The number of carbonyl (C=O) groups excluding carboxylic acids is 4. The van der Waals surface area contributed by atoms with Gasteiger partial charge in [-0.2, -0.15) is 0 Å². The van der Waals surface area contributed by atoms with Gasteiger partial charge < -0.3 is 9.64 Å². The number of hydrogen-bond donors (Lipinski definition) is 0. The fraction of sp³-hybridized carbons (Fsp3) is 0.158. The van der Waals surface area contributed by atoms with Crippen LogP contribution in [0.4, 0.5) is 5.69 Å². The van der Waals surface area contributed by atoms with Gasteiger partial charge in [-0.15, -0.1) is 0 Å². The summed E-state index contributed by atoms with van der Waals surface area (Å²) in [7, 11) is 3.08. The SMILES string of the molecule is CN(C)C(=O)COC(=O)c1ccc2c(c1)C(=O)N(c1ccccc1Cl)C2=O. The number of amides is 3. The zero-order valence-electron chi connectivity index (χ0n) is 14.6. The first-order valence-corrected chi connectivity index (χ1v) is 8.33. The Labute approximate surface area is 160 Å². The van der Waals surface area contributed by atoms with Crippen LogP contribution in [-0.4, -0.2) is 49.3 Å². The standard InChI is InChI=1S/C19H15ClN2O5/c1-21(2)16(23)10-27-19(26)11-7-8-12-13(9-11)18(25)22(17(12)24)15-6-4-3-5-14(15)20/h3-9H,10H2,1-2H3. The van der Waals surface area contributed by atoms with Crippen LogP contribution in [0.15, 0.2) is 42.5 Å². The Balaban J connectivity index is 1.87. The molecule has 8 heteroatoms. The minimum absolute atomic E-state index is 0.0717. The van der Waals surface area contributed by atoms with Crippen LogP contribution in [0.2, 0.25) is 5.02 Å². The van der Waals surface area contributed by atoms with E-state index in [1.165, 1.54) is 23.1 Å². The Bertz CT molecular complexity index is 970. The molecule has 0 bridgehead atoms. The van der Waals surface area contributed by atoms with E-state index in [-0.39, 0.29) is 33.3 Å². The first kappa shape index (κ1) is 18.6. The van der Waals surface area contributed by atoms with Crippen LogP contribution in [0.25, 0.3) is 0 Å². The van der Waals surface area contributed by atoms with Crippen LogP contribution >= 0.6 is 11.6 Å². The van der Waals surface area contributed by atoms with Gasteiger partial charge in [-0.25, -0.2) is 9.69 Å². The third-order valence-electron chi connectivity index (χ3n) is 4.04. The molecule has 27 heavy (non-hydrogen) atoms. The Morgan fingerprint density at radius 2 is 1.70 bits per heavy atom. The van der Waals surface area contributed by atoms with E-state index in [9.17, 15) is 19.2 Å². The van der Waals surface area contributed by atoms with E-state index in [4.69, 9.17) is 16.3 Å². The summed E-state index contributed by atoms with van der Waals surface area (Å²) in [6, 6.07) is 10.5. The fourth-order valence-electron chi connectivity index (χ4n) is 2.56. The number of ether oxygens (including phenoxy) is 1. The lowest BCUT2D eigenvalue weighted by molar-refractivity contribution is -0.131. The lowest BCUT2D eigenvalue weighted by Crippen LogP contribution is -2.29. The predicted octanol–water partition coefficient (Wildman–Crippen LogP) is 2.39. The van der Waals surface area contributed by atoms with E-state index in [2.05, 4.69) is 0 Å². The normalized spacial score (nSPS) is 12.8. The number of halogens is 1. The molecule has 0 unspecified atom stereocenters. The highest BCUT2D eigenvalue weighted by Crippen LogP contribution is 2.33. The summed E-state index contributed by atoms with van der Waals surface area (Å²) in [6.45, 7) is -0.415. The van der Waals surface area contributed by atoms with Gasteiger partial charge in [0.25, 0.3) is 17.7 Å². The molecule has 3 rings (SSSR count). The van der Waals surface area contributed by atoms with Crippen LogP contribution in [0.1, 0.15) is 31.1 Å². The van der Waals surface area contributed by atoms with Crippen molar-refractivity contribution in [3.8, 4) is 0 Å². The smallest absolute Gasteiger partial charge is 0.338 e. The van der Waals surface area contributed by atoms with Crippen molar-refractivity contribution >= 4 is 41.0 Å². The van der Waals surface area contributed by atoms with Gasteiger partial charge in [0, 0.05) is 14.1 Å². The lowest BCUT2D eigenvalue weighted by atomic mass is 10.1. The van der Waals surface area contributed by atoms with Gasteiger partial charge in [-0.05, 0) is 30.3 Å². The summed E-state index contributed by atoms with van der Waals surface area (Å²) in [5, 5.41) is 0.258. The Hall–Kier alpha value is -3.19. The molecule has 0 saturated carbocycles. The van der Waals surface area contributed by atoms with Gasteiger partial charge in [-0.1, -0.05) is 23.7 Å². The molecule has 1 heterocycles. The number of esters is 1. The highest BCUT2D eigenvalue weighted by atomic mass is 35.5. The molecule has 2 aromatic rings. The number of rotatable bonds is 4.